The second-order valence-corrected chi connectivity index (χ2v) is 9.82. The Morgan fingerprint density at radius 2 is 2.00 bits per heavy atom. The number of fused-ring (bicyclic) bond motifs is 1. The zero-order valence-corrected chi connectivity index (χ0v) is 24.2. The fourth-order valence-corrected chi connectivity index (χ4v) is 4.51. The van der Waals surface area contributed by atoms with Gasteiger partial charge in [-0.2, -0.15) is 0 Å². The lowest BCUT2D eigenvalue weighted by Gasteiger charge is -2.29. The van der Waals surface area contributed by atoms with Gasteiger partial charge in [-0.25, -0.2) is 0 Å². The van der Waals surface area contributed by atoms with E-state index in [0.717, 1.165) is 55.4 Å². The van der Waals surface area contributed by atoms with Crippen molar-refractivity contribution in [2.75, 3.05) is 6.54 Å². The predicted molar refractivity (Wildman–Crippen MR) is 176 cm³/mol. The minimum Gasteiger partial charge on any atom is -0.342 e. The van der Waals surface area contributed by atoms with Crippen LogP contribution in [-0.4, -0.2) is 22.6 Å². The van der Waals surface area contributed by atoms with Crippen molar-refractivity contribution in [1.82, 2.24) is 9.88 Å². The molecule has 0 N–H and O–H groups in total. The number of pyridine rings is 1. The quantitative estimate of drug-likeness (QED) is 0.130. The summed E-state index contributed by atoms with van der Waals surface area (Å²) in [6.45, 7) is 16.9. The highest BCUT2D eigenvalue weighted by Gasteiger charge is 2.14. The number of benzene rings is 1. The zero-order valence-electron chi connectivity index (χ0n) is 24.2. The van der Waals surface area contributed by atoms with Crippen LogP contribution < -0.4 is 0 Å². The molecular formula is C37H43N3. The molecule has 0 saturated carbocycles. The smallest absolute Gasteiger partial charge is 0.0411 e. The number of aliphatic imine (C=N–C) groups is 1. The van der Waals surface area contributed by atoms with E-state index in [-0.39, 0.29) is 0 Å². The summed E-state index contributed by atoms with van der Waals surface area (Å²) in [5.74, 6) is 0.401. The molecule has 0 bridgehead atoms. The molecule has 3 rings (SSSR count). The molecule has 1 atom stereocenters. The summed E-state index contributed by atoms with van der Waals surface area (Å²) in [6, 6.07) is 8.59. The van der Waals surface area contributed by atoms with Gasteiger partial charge in [-0.3, -0.25) is 9.98 Å². The number of aromatic nitrogens is 1. The first-order valence-electron chi connectivity index (χ1n) is 14.1. The predicted octanol–water partition coefficient (Wildman–Crippen LogP) is 9.93. The Balaban J connectivity index is 1.65. The molecule has 0 radical (unpaired) electrons. The highest BCUT2D eigenvalue weighted by molar-refractivity contribution is 5.87. The Morgan fingerprint density at radius 1 is 1.12 bits per heavy atom. The molecule has 206 valence electrons. The normalized spacial score (nSPS) is 16.2. The zero-order chi connectivity index (χ0) is 28.6. The van der Waals surface area contributed by atoms with Crippen LogP contribution in [0.2, 0.25) is 0 Å². The van der Waals surface area contributed by atoms with Gasteiger partial charge in [0.05, 0.1) is 0 Å². The SMILES string of the molecule is C=CCC=N/C(C)=C\C/C=C/[C@H]1C=CC(N(C/C=C\C(=C/C)c2ccc3cnccc3c2)C(=C)CCC=C)=CC1. The topological polar surface area (TPSA) is 28.5 Å². The van der Waals surface area contributed by atoms with E-state index in [1.54, 1.807) is 0 Å². The number of allylic oxidation sites excluding steroid dienone is 13. The van der Waals surface area contributed by atoms with Crippen molar-refractivity contribution >= 4 is 22.6 Å². The molecule has 40 heavy (non-hydrogen) atoms. The minimum absolute atomic E-state index is 0.401. The summed E-state index contributed by atoms with van der Waals surface area (Å²) in [4.78, 5) is 11.0. The van der Waals surface area contributed by atoms with Gasteiger partial charge in [-0.05, 0) is 80.2 Å². The van der Waals surface area contributed by atoms with Crippen molar-refractivity contribution in [1.29, 1.82) is 0 Å². The molecule has 1 aliphatic rings. The lowest BCUT2D eigenvalue weighted by atomic mass is 9.97. The van der Waals surface area contributed by atoms with Crippen LogP contribution in [0.1, 0.15) is 51.5 Å². The van der Waals surface area contributed by atoms with Gasteiger partial charge in [-0.1, -0.05) is 79.5 Å². The molecule has 1 heterocycles. The first kappa shape index (κ1) is 30.3. The van der Waals surface area contributed by atoms with Gasteiger partial charge in [0.2, 0.25) is 0 Å². The second-order valence-electron chi connectivity index (χ2n) is 9.82. The van der Waals surface area contributed by atoms with E-state index in [2.05, 4.69) is 120 Å². The van der Waals surface area contributed by atoms with Crippen molar-refractivity contribution in [3.05, 3.63) is 146 Å². The lowest BCUT2D eigenvalue weighted by Crippen LogP contribution is -2.22. The summed E-state index contributed by atoms with van der Waals surface area (Å²) in [5.41, 5.74) is 5.75. The Labute approximate surface area is 241 Å². The minimum atomic E-state index is 0.401. The molecule has 0 saturated heterocycles. The molecule has 1 aromatic carbocycles. The van der Waals surface area contributed by atoms with Gasteiger partial charge in [-0.15, -0.1) is 13.2 Å². The van der Waals surface area contributed by atoms with Crippen molar-refractivity contribution in [2.45, 2.75) is 46.0 Å². The van der Waals surface area contributed by atoms with Crippen LogP contribution in [0, 0.1) is 5.92 Å². The van der Waals surface area contributed by atoms with Crippen LogP contribution in [-0.2, 0) is 0 Å². The fraction of sp³-hybridized carbons (Fsp3) is 0.243. The Kier molecular flexibility index (Phi) is 12.6. The standard InChI is InChI=1S/C37H43N3/c1-6-9-15-31(5)40(27-13-17-33(8-3)34-20-21-36-29-38-26-24-35(36)28-34)37-22-18-32(19-23-37)16-12-11-14-30(4)39-25-10-7-2/h6-8,12-14,16-18,20-26,28-29,32H,1-2,5,9-11,15,19,27H2,3-4H3/b16-12+,17-13-,30-14-,33-8+,39-25?/t32-/m0/s1. The van der Waals surface area contributed by atoms with Crippen molar-refractivity contribution in [3.63, 3.8) is 0 Å². The van der Waals surface area contributed by atoms with E-state index < -0.39 is 0 Å². The van der Waals surface area contributed by atoms with Crippen LogP contribution in [0.15, 0.2) is 145 Å². The van der Waals surface area contributed by atoms with Crippen LogP contribution >= 0.6 is 0 Å². The molecule has 3 nitrogen and oxygen atoms in total. The largest absolute Gasteiger partial charge is 0.342 e. The van der Waals surface area contributed by atoms with Crippen molar-refractivity contribution in [2.24, 2.45) is 10.9 Å². The molecule has 0 unspecified atom stereocenters. The first-order chi connectivity index (χ1) is 19.5. The number of hydrogen-bond donors (Lipinski definition) is 0. The van der Waals surface area contributed by atoms with Gasteiger partial charge in [0, 0.05) is 54.1 Å². The van der Waals surface area contributed by atoms with Crippen LogP contribution in [0.3, 0.4) is 0 Å². The summed E-state index contributed by atoms with van der Waals surface area (Å²) < 4.78 is 0. The molecule has 0 aliphatic heterocycles. The van der Waals surface area contributed by atoms with Crippen LogP contribution in [0.5, 0.6) is 0 Å². The van der Waals surface area contributed by atoms with Gasteiger partial charge in [0.25, 0.3) is 0 Å². The summed E-state index contributed by atoms with van der Waals surface area (Å²) in [5, 5.41) is 2.35. The second kappa shape index (κ2) is 16.7. The summed E-state index contributed by atoms with van der Waals surface area (Å²) >= 11 is 0. The molecule has 0 amide bonds. The van der Waals surface area contributed by atoms with Gasteiger partial charge < -0.3 is 4.90 Å². The van der Waals surface area contributed by atoms with Crippen molar-refractivity contribution < 1.29 is 0 Å². The highest BCUT2D eigenvalue weighted by Crippen LogP contribution is 2.26. The fourth-order valence-electron chi connectivity index (χ4n) is 4.51. The van der Waals surface area contributed by atoms with Crippen LogP contribution in [0.4, 0.5) is 0 Å². The lowest BCUT2D eigenvalue weighted by molar-refractivity contribution is 0.462. The molecule has 2 aromatic rings. The Bertz CT molecular complexity index is 1380. The molecular weight excluding hydrogens is 486 g/mol. The van der Waals surface area contributed by atoms with Gasteiger partial charge in [0.15, 0.2) is 0 Å². The van der Waals surface area contributed by atoms with Crippen molar-refractivity contribution in [3.8, 4) is 0 Å². The highest BCUT2D eigenvalue weighted by atomic mass is 15.1. The summed E-state index contributed by atoms with van der Waals surface area (Å²) in [6.07, 6.45) is 34.1. The van der Waals surface area contributed by atoms with E-state index in [4.69, 9.17) is 0 Å². The maximum absolute atomic E-state index is 4.41. The summed E-state index contributed by atoms with van der Waals surface area (Å²) in [7, 11) is 0. The average molecular weight is 530 g/mol. The maximum atomic E-state index is 4.41. The monoisotopic (exact) mass is 529 g/mol. The molecule has 1 aromatic heterocycles. The van der Waals surface area contributed by atoms with Gasteiger partial charge >= 0.3 is 0 Å². The van der Waals surface area contributed by atoms with E-state index in [9.17, 15) is 0 Å². The molecule has 0 spiro atoms. The average Bonchev–Trinajstić information content (AvgIpc) is 2.98. The van der Waals surface area contributed by atoms with E-state index in [0.29, 0.717) is 5.92 Å². The number of nitrogens with zero attached hydrogens (tertiary/aromatic N) is 3. The maximum Gasteiger partial charge on any atom is 0.0411 e. The molecule has 3 heteroatoms. The Morgan fingerprint density at radius 3 is 2.75 bits per heavy atom. The van der Waals surface area contributed by atoms with E-state index >= 15 is 0 Å². The Hall–Kier alpha value is -4.24. The third kappa shape index (κ3) is 9.50. The van der Waals surface area contributed by atoms with Gasteiger partial charge in [0.1, 0.15) is 0 Å². The van der Waals surface area contributed by atoms with Crippen LogP contribution in [0.25, 0.3) is 16.3 Å². The number of hydrogen-bond acceptors (Lipinski definition) is 3. The first-order valence-corrected chi connectivity index (χ1v) is 14.1. The third-order valence-corrected chi connectivity index (χ3v) is 6.81. The third-order valence-electron chi connectivity index (χ3n) is 6.81. The van der Waals surface area contributed by atoms with E-state index in [1.165, 1.54) is 22.2 Å². The molecule has 0 fully saturated rings. The number of rotatable bonds is 15. The van der Waals surface area contributed by atoms with E-state index in [1.807, 2.05) is 37.7 Å². The molecule has 1 aliphatic carbocycles.